The molecule has 0 radical (unpaired) electrons. The van der Waals surface area contributed by atoms with Crippen LogP contribution < -0.4 is 10.6 Å². The molecule has 8 heteroatoms. The lowest BCUT2D eigenvalue weighted by molar-refractivity contribution is -0.136. The predicted molar refractivity (Wildman–Crippen MR) is 96.7 cm³/mol. The van der Waals surface area contributed by atoms with Gasteiger partial charge in [-0.3, -0.25) is 9.48 Å². The van der Waals surface area contributed by atoms with E-state index in [9.17, 15) is 4.79 Å². The minimum Gasteiger partial charge on any atom is -0.481 e. The molecule has 3 N–H and O–H groups in total. The quantitative estimate of drug-likeness (QED) is 0.749. The SMILES string of the molecule is Cc1cc(C)n(CCCN(C)c2nc(N)nc(C)c2CCC(=O)O)n1. The molecule has 2 aromatic rings. The van der Waals surface area contributed by atoms with E-state index in [1.807, 2.05) is 37.4 Å². The topological polar surface area (TPSA) is 110 Å². The van der Waals surface area contributed by atoms with Crippen LogP contribution >= 0.6 is 0 Å². The van der Waals surface area contributed by atoms with Gasteiger partial charge in [-0.05, 0) is 39.7 Å². The lowest BCUT2D eigenvalue weighted by atomic mass is 10.1. The summed E-state index contributed by atoms with van der Waals surface area (Å²) in [4.78, 5) is 21.4. The number of hydrogen-bond donors (Lipinski definition) is 2. The first-order valence-corrected chi connectivity index (χ1v) is 8.35. The third kappa shape index (κ3) is 4.91. The normalized spacial score (nSPS) is 10.9. The maximum Gasteiger partial charge on any atom is 0.303 e. The fourth-order valence-electron chi connectivity index (χ4n) is 2.91. The van der Waals surface area contributed by atoms with Gasteiger partial charge < -0.3 is 15.7 Å². The molecule has 0 saturated carbocycles. The summed E-state index contributed by atoms with van der Waals surface area (Å²) >= 11 is 0. The molecule has 0 aliphatic rings. The van der Waals surface area contributed by atoms with Crippen LogP contribution in [-0.2, 0) is 17.8 Å². The maximum atomic E-state index is 10.9. The zero-order valence-electron chi connectivity index (χ0n) is 15.3. The second-order valence-electron chi connectivity index (χ2n) is 6.29. The average Bonchev–Trinajstić information content (AvgIpc) is 2.83. The highest BCUT2D eigenvalue weighted by Gasteiger charge is 2.15. The number of aryl methyl sites for hydroxylation is 4. The van der Waals surface area contributed by atoms with Crippen molar-refractivity contribution in [1.29, 1.82) is 0 Å². The van der Waals surface area contributed by atoms with Crippen molar-refractivity contribution in [3.63, 3.8) is 0 Å². The number of nitrogens with zero attached hydrogens (tertiary/aromatic N) is 5. The monoisotopic (exact) mass is 346 g/mol. The summed E-state index contributed by atoms with van der Waals surface area (Å²) < 4.78 is 1.99. The number of carboxylic acids is 1. The fraction of sp³-hybridized carbons (Fsp3) is 0.529. The maximum absolute atomic E-state index is 10.9. The van der Waals surface area contributed by atoms with Crippen LogP contribution in [0.4, 0.5) is 11.8 Å². The molecule has 0 atom stereocenters. The zero-order chi connectivity index (χ0) is 18.6. The van der Waals surface area contributed by atoms with E-state index in [2.05, 4.69) is 21.1 Å². The Balaban J connectivity index is 2.07. The number of nitrogen functional groups attached to an aromatic ring is 1. The first-order valence-electron chi connectivity index (χ1n) is 8.35. The van der Waals surface area contributed by atoms with Crippen molar-refractivity contribution < 1.29 is 9.90 Å². The van der Waals surface area contributed by atoms with Crippen molar-refractivity contribution >= 4 is 17.7 Å². The molecule has 8 nitrogen and oxygen atoms in total. The van der Waals surface area contributed by atoms with Crippen molar-refractivity contribution in [2.45, 2.75) is 46.6 Å². The Labute approximate surface area is 147 Å². The number of carbonyl (C=O) groups is 1. The molecule has 0 aliphatic carbocycles. The lowest BCUT2D eigenvalue weighted by Gasteiger charge is -2.22. The van der Waals surface area contributed by atoms with E-state index in [0.717, 1.165) is 42.2 Å². The van der Waals surface area contributed by atoms with Gasteiger partial charge >= 0.3 is 5.97 Å². The van der Waals surface area contributed by atoms with E-state index >= 15 is 0 Å². The molecule has 2 heterocycles. The van der Waals surface area contributed by atoms with Crippen LogP contribution in [0.1, 0.15) is 35.5 Å². The van der Waals surface area contributed by atoms with E-state index in [4.69, 9.17) is 10.8 Å². The van der Waals surface area contributed by atoms with E-state index in [1.165, 1.54) is 0 Å². The lowest BCUT2D eigenvalue weighted by Crippen LogP contribution is -2.24. The minimum atomic E-state index is -0.839. The highest BCUT2D eigenvalue weighted by Crippen LogP contribution is 2.22. The fourth-order valence-corrected chi connectivity index (χ4v) is 2.91. The van der Waals surface area contributed by atoms with Gasteiger partial charge in [0, 0.05) is 43.5 Å². The van der Waals surface area contributed by atoms with Gasteiger partial charge in [-0.25, -0.2) is 4.98 Å². The number of aliphatic carboxylic acids is 1. The Bertz CT molecular complexity index is 756. The first-order chi connectivity index (χ1) is 11.8. The number of carboxylic acid groups (broad SMARTS) is 1. The van der Waals surface area contributed by atoms with Gasteiger partial charge in [-0.2, -0.15) is 10.1 Å². The molecule has 2 aromatic heterocycles. The van der Waals surface area contributed by atoms with Gasteiger partial charge in [0.1, 0.15) is 5.82 Å². The van der Waals surface area contributed by atoms with Gasteiger partial charge in [-0.1, -0.05) is 0 Å². The van der Waals surface area contributed by atoms with Crippen LogP contribution in [0.3, 0.4) is 0 Å². The Morgan fingerprint density at radius 2 is 2.04 bits per heavy atom. The van der Waals surface area contributed by atoms with Crippen molar-refractivity contribution in [3.8, 4) is 0 Å². The molecule has 0 aromatic carbocycles. The van der Waals surface area contributed by atoms with Crippen LogP contribution in [0, 0.1) is 20.8 Å². The number of aromatic nitrogens is 4. The van der Waals surface area contributed by atoms with Gasteiger partial charge in [0.25, 0.3) is 0 Å². The van der Waals surface area contributed by atoms with Crippen LogP contribution in [-0.4, -0.2) is 44.4 Å². The number of rotatable bonds is 8. The smallest absolute Gasteiger partial charge is 0.303 e. The molecule has 0 aliphatic heterocycles. The third-order valence-corrected chi connectivity index (χ3v) is 4.13. The molecule has 0 saturated heterocycles. The van der Waals surface area contributed by atoms with Crippen LogP contribution in [0.25, 0.3) is 0 Å². The van der Waals surface area contributed by atoms with Crippen molar-refractivity contribution in [3.05, 3.63) is 28.7 Å². The Hall–Kier alpha value is -2.64. The zero-order valence-corrected chi connectivity index (χ0v) is 15.3. The number of anilines is 2. The summed E-state index contributed by atoms with van der Waals surface area (Å²) in [6.07, 6.45) is 1.32. The minimum absolute atomic E-state index is 0.0424. The molecular weight excluding hydrogens is 320 g/mol. The third-order valence-electron chi connectivity index (χ3n) is 4.13. The van der Waals surface area contributed by atoms with Gasteiger partial charge in [0.2, 0.25) is 5.95 Å². The van der Waals surface area contributed by atoms with Crippen molar-refractivity contribution in [1.82, 2.24) is 19.7 Å². The molecule has 0 spiro atoms. The van der Waals surface area contributed by atoms with E-state index in [1.54, 1.807) is 0 Å². The van der Waals surface area contributed by atoms with Crippen LogP contribution in [0.2, 0.25) is 0 Å². The summed E-state index contributed by atoms with van der Waals surface area (Å²) in [6.45, 7) is 7.43. The van der Waals surface area contributed by atoms with Crippen molar-refractivity contribution in [2.24, 2.45) is 0 Å². The van der Waals surface area contributed by atoms with Gasteiger partial charge in [0.15, 0.2) is 0 Å². The predicted octanol–water partition coefficient (Wildman–Crippen LogP) is 1.72. The molecule has 2 rings (SSSR count). The Kier molecular flexibility index (Phi) is 5.95. The summed E-state index contributed by atoms with van der Waals surface area (Å²) in [5.74, 6) is 0.0749. The number of nitrogens with two attached hydrogens (primary N) is 1. The molecule has 0 bridgehead atoms. The Morgan fingerprint density at radius 3 is 2.64 bits per heavy atom. The molecule has 0 amide bonds. The number of hydrogen-bond acceptors (Lipinski definition) is 6. The summed E-state index contributed by atoms with van der Waals surface area (Å²) in [5, 5.41) is 13.4. The van der Waals surface area contributed by atoms with E-state index in [-0.39, 0.29) is 12.4 Å². The second-order valence-corrected chi connectivity index (χ2v) is 6.29. The average molecular weight is 346 g/mol. The largest absolute Gasteiger partial charge is 0.481 e. The molecule has 25 heavy (non-hydrogen) atoms. The second kappa shape index (κ2) is 7.96. The standard InChI is InChI=1S/C17H26N6O2/c1-11-10-12(2)23(21-11)9-5-8-22(4)16-14(6-7-15(24)25)13(3)19-17(18)20-16/h10H,5-9H2,1-4H3,(H,24,25)(H2,18,19,20). The summed E-state index contributed by atoms with van der Waals surface area (Å²) in [6, 6.07) is 2.06. The van der Waals surface area contributed by atoms with Crippen LogP contribution in [0.15, 0.2) is 6.07 Å². The summed E-state index contributed by atoms with van der Waals surface area (Å²) in [7, 11) is 1.94. The molecular formula is C17H26N6O2. The Morgan fingerprint density at radius 1 is 1.32 bits per heavy atom. The van der Waals surface area contributed by atoms with E-state index < -0.39 is 5.97 Å². The first kappa shape index (κ1) is 18.7. The van der Waals surface area contributed by atoms with Gasteiger partial charge in [0.05, 0.1) is 5.69 Å². The van der Waals surface area contributed by atoms with Gasteiger partial charge in [-0.15, -0.1) is 0 Å². The van der Waals surface area contributed by atoms with E-state index in [0.29, 0.717) is 12.2 Å². The molecule has 136 valence electrons. The molecule has 0 fully saturated rings. The van der Waals surface area contributed by atoms with Crippen molar-refractivity contribution in [2.75, 3.05) is 24.2 Å². The highest BCUT2D eigenvalue weighted by atomic mass is 16.4. The molecule has 0 unspecified atom stereocenters. The highest BCUT2D eigenvalue weighted by molar-refractivity contribution is 5.67. The van der Waals surface area contributed by atoms with Crippen LogP contribution in [0.5, 0.6) is 0 Å². The summed E-state index contributed by atoms with van der Waals surface area (Å²) in [5.41, 5.74) is 9.51.